The number of aryl methyl sites for hydroxylation is 2. The van der Waals surface area contributed by atoms with Crippen molar-refractivity contribution >= 4 is 5.78 Å². The van der Waals surface area contributed by atoms with Gasteiger partial charge >= 0.3 is 0 Å². The van der Waals surface area contributed by atoms with E-state index in [-0.39, 0.29) is 5.92 Å². The van der Waals surface area contributed by atoms with Gasteiger partial charge in [-0.1, -0.05) is 6.92 Å². The molecule has 1 saturated heterocycles. The Morgan fingerprint density at radius 2 is 2.31 bits per heavy atom. The van der Waals surface area contributed by atoms with E-state index in [0.29, 0.717) is 12.2 Å². The normalized spacial score (nSPS) is 16.1. The Hall–Kier alpha value is -1.16. The summed E-state index contributed by atoms with van der Waals surface area (Å²) in [5.74, 6) is 0.571. The lowest BCUT2D eigenvalue weighted by Crippen LogP contribution is -2.47. The zero-order chi connectivity index (χ0) is 11.5. The molecule has 0 amide bonds. The van der Waals surface area contributed by atoms with Crippen molar-refractivity contribution in [1.82, 2.24) is 15.1 Å². The fraction of sp³-hybridized carbons (Fsp3) is 0.667. The summed E-state index contributed by atoms with van der Waals surface area (Å²) in [6.45, 7) is 6.68. The summed E-state index contributed by atoms with van der Waals surface area (Å²) in [6, 6.07) is 2.06. The van der Waals surface area contributed by atoms with E-state index in [0.717, 1.165) is 37.4 Å². The minimum absolute atomic E-state index is 0.227. The minimum Gasteiger partial charge on any atom is -0.315 e. The quantitative estimate of drug-likeness (QED) is 0.800. The first-order chi connectivity index (χ1) is 7.74. The molecule has 4 nitrogen and oxygen atoms in total. The van der Waals surface area contributed by atoms with Crippen LogP contribution in [0.15, 0.2) is 6.07 Å². The Morgan fingerprint density at radius 3 is 2.81 bits per heavy atom. The molecule has 2 heterocycles. The topological polar surface area (TPSA) is 46.9 Å². The maximum Gasteiger partial charge on any atom is 0.144 e. The van der Waals surface area contributed by atoms with Crippen molar-refractivity contribution in [2.45, 2.75) is 33.2 Å². The first-order valence-electron chi connectivity index (χ1n) is 6.03. The number of nitrogens with zero attached hydrogens (tertiary/aromatic N) is 2. The van der Waals surface area contributed by atoms with Crippen LogP contribution in [0.25, 0.3) is 0 Å². The van der Waals surface area contributed by atoms with Crippen molar-refractivity contribution in [3.63, 3.8) is 0 Å². The zero-order valence-corrected chi connectivity index (χ0v) is 9.99. The van der Waals surface area contributed by atoms with Gasteiger partial charge in [-0.3, -0.25) is 9.48 Å². The van der Waals surface area contributed by atoms with Gasteiger partial charge in [-0.2, -0.15) is 5.10 Å². The lowest BCUT2D eigenvalue weighted by Gasteiger charge is -2.25. The molecule has 0 saturated carbocycles. The number of hydrogen-bond donors (Lipinski definition) is 1. The van der Waals surface area contributed by atoms with E-state index in [1.165, 1.54) is 0 Å². The monoisotopic (exact) mass is 221 g/mol. The molecular formula is C12H19N3O. The second-order valence-electron chi connectivity index (χ2n) is 4.29. The van der Waals surface area contributed by atoms with Crippen molar-refractivity contribution in [2.24, 2.45) is 5.92 Å². The van der Waals surface area contributed by atoms with Crippen LogP contribution in [0.3, 0.4) is 0 Å². The largest absolute Gasteiger partial charge is 0.315 e. The summed E-state index contributed by atoms with van der Waals surface area (Å²) >= 11 is 0. The number of hydrogen-bond acceptors (Lipinski definition) is 3. The van der Waals surface area contributed by atoms with Gasteiger partial charge in [0.05, 0.1) is 5.69 Å². The predicted octanol–water partition coefficient (Wildman–Crippen LogP) is 0.796. The van der Waals surface area contributed by atoms with Gasteiger partial charge in [0.2, 0.25) is 0 Å². The van der Waals surface area contributed by atoms with E-state index in [1.807, 2.05) is 4.68 Å². The molecule has 0 bridgehead atoms. The highest BCUT2D eigenvalue weighted by Crippen LogP contribution is 2.12. The Labute approximate surface area is 96.0 Å². The molecular weight excluding hydrogens is 202 g/mol. The number of nitrogens with one attached hydrogen (secondary N) is 1. The molecule has 4 heteroatoms. The van der Waals surface area contributed by atoms with Crippen LogP contribution in [0.2, 0.25) is 0 Å². The van der Waals surface area contributed by atoms with Crippen molar-refractivity contribution in [3.8, 4) is 0 Å². The number of aromatic nitrogens is 2. The zero-order valence-electron chi connectivity index (χ0n) is 9.99. The van der Waals surface area contributed by atoms with Crippen LogP contribution < -0.4 is 5.32 Å². The molecule has 0 aliphatic carbocycles. The van der Waals surface area contributed by atoms with E-state index < -0.39 is 0 Å². The average Bonchev–Trinajstić information content (AvgIpc) is 2.57. The summed E-state index contributed by atoms with van der Waals surface area (Å²) in [6.07, 6.45) is 1.46. The van der Waals surface area contributed by atoms with E-state index in [2.05, 4.69) is 30.3 Å². The maximum absolute atomic E-state index is 11.9. The van der Waals surface area contributed by atoms with Crippen LogP contribution in [0.4, 0.5) is 0 Å². The third-order valence-corrected chi connectivity index (χ3v) is 3.17. The predicted molar refractivity (Wildman–Crippen MR) is 62.3 cm³/mol. The highest BCUT2D eigenvalue weighted by atomic mass is 16.1. The number of carbonyl (C=O) groups excluding carboxylic acids is 1. The van der Waals surface area contributed by atoms with Crippen LogP contribution in [-0.4, -0.2) is 28.7 Å². The van der Waals surface area contributed by atoms with Gasteiger partial charge in [0.25, 0.3) is 0 Å². The maximum atomic E-state index is 11.9. The smallest absolute Gasteiger partial charge is 0.144 e. The molecule has 1 N–H and O–H groups in total. The average molecular weight is 221 g/mol. The Balaban J connectivity index is 2.06. The van der Waals surface area contributed by atoms with Gasteiger partial charge in [0.15, 0.2) is 0 Å². The SMILES string of the molecule is CCc1cc(CC(=O)C2CNC2)n(CC)n1. The van der Waals surface area contributed by atoms with Crippen molar-refractivity contribution in [1.29, 1.82) is 0 Å². The molecule has 1 aromatic rings. The van der Waals surface area contributed by atoms with Crippen LogP contribution in [0, 0.1) is 5.92 Å². The molecule has 0 aromatic carbocycles. The van der Waals surface area contributed by atoms with Crippen molar-refractivity contribution in [3.05, 3.63) is 17.5 Å². The lowest BCUT2D eigenvalue weighted by molar-refractivity contribution is -0.123. The first kappa shape index (κ1) is 11.3. The van der Waals surface area contributed by atoms with E-state index in [9.17, 15) is 4.79 Å². The van der Waals surface area contributed by atoms with Gasteiger partial charge in [-0.05, 0) is 19.4 Å². The molecule has 16 heavy (non-hydrogen) atoms. The summed E-state index contributed by atoms with van der Waals surface area (Å²) in [5, 5.41) is 7.58. The fourth-order valence-corrected chi connectivity index (χ4v) is 1.94. The minimum atomic E-state index is 0.227. The molecule has 2 rings (SSSR count). The molecule has 0 radical (unpaired) electrons. The number of rotatable bonds is 5. The molecule has 0 atom stereocenters. The molecule has 88 valence electrons. The van der Waals surface area contributed by atoms with Crippen molar-refractivity contribution in [2.75, 3.05) is 13.1 Å². The third kappa shape index (κ3) is 2.16. The van der Waals surface area contributed by atoms with Crippen LogP contribution in [-0.2, 0) is 24.2 Å². The van der Waals surface area contributed by atoms with Crippen LogP contribution in [0.1, 0.15) is 25.2 Å². The van der Waals surface area contributed by atoms with E-state index in [4.69, 9.17) is 0 Å². The summed E-state index contributed by atoms with van der Waals surface area (Å²) in [4.78, 5) is 11.9. The summed E-state index contributed by atoms with van der Waals surface area (Å²) in [7, 11) is 0. The van der Waals surface area contributed by atoms with Gasteiger partial charge in [0, 0.05) is 37.7 Å². The molecule has 1 aliphatic rings. The van der Waals surface area contributed by atoms with Gasteiger partial charge < -0.3 is 5.32 Å². The molecule has 0 spiro atoms. The second-order valence-corrected chi connectivity index (χ2v) is 4.29. The Morgan fingerprint density at radius 1 is 1.56 bits per heavy atom. The molecule has 1 aliphatic heterocycles. The molecule has 1 fully saturated rings. The lowest BCUT2D eigenvalue weighted by atomic mass is 9.95. The number of carbonyl (C=O) groups is 1. The van der Waals surface area contributed by atoms with Gasteiger partial charge in [-0.15, -0.1) is 0 Å². The van der Waals surface area contributed by atoms with E-state index >= 15 is 0 Å². The summed E-state index contributed by atoms with van der Waals surface area (Å²) < 4.78 is 1.95. The van der Waals surface area contributed by atoms with Crippen LogP contribution >= 0.6 is 0 Å². The highest BCUT2D eigenvalue weighted by molar-refractivity contribution is 5.84. The number of Topliss-reactive ketones (excluding diaryl/α,β-unsaturated/α-hetero) is 1. The highest BCUT2D eigenvalue weighted by Gasteiger charge is 2.25. The van der Waals surface area contributed by atoms with Crippen LogP contribution in [0.5, 0.6) is 0 Å². The molecule has 1 aromatic heterocycles. The standard InChI is InChI=1S/C12H19N3O/c1-3-10-5-11(15(4-2)14-10)6-12(16)9-7-13-8-9/h5,9,13H,3-4,6-8H2,1-2H3. The number of ketones is 1. The summed E-state index contributed by atoms with van der Waals surface area (Å²) in [5.41, 5.74) is 2.15. The third-order valence-electron chi connectivity index (χ3n) is 3.17. The Kier molecular flexibility index (Phi) is 3.39. The molecule has 0 unspecified atom stereocenters. The van der Waals surface area contributed by atoms with E-state index in [1.54, 1.807) is 0 Å². The van der Waals surface area contributed by atoms with Gasteiger partial charge in [-0.25, -0.2) is 0 Å². The second kappa shape index (κ2) is 4.78. The van der Waals surface area contributed by atoms with Gasteiger partial charge in [0.1, 0.15) is 5.78 Å². The fourth-order valence-electron chi connectivity index (χ4n) is 1.94. The Bertz CT molecular complexity index is 380. The first-order valence-corrected chi connectivity index (χ1v) is 6.03. The van der Waals surface area contributed by atoms with Crippen molar-refractivity contribution < 1.29 is 4.79 Å².